The second-order valence-electron chi connectivity index (χ2n) is 4.83. The average Bonchev–Trinajstić information content (AvgIpc) is 1.99. The molecular weight excluding hydrogens is 210 g/mol. The first-order chi connectivity index (χ1) is 6.60. The van der Waals surface area contributed by atoms with Crippen molar-refractivity contribution in [2.24, 2.45) is 5.14 Å². The van der Waals surface area contributed by atoms with E-state index in [4.69, 9.17) is 5.14 Å². The highest BCUT2D eigenvalue weighted by Gasteiger charge is 2.17. The average molecular weight is 227 g/mol. The van der Waals surface area contributed by atoms with Crippen molar-refractivity contribution in [3.8, 4) is 0 Å². The summed E-state index contributed by atoms with van der Waals surface area (Å²) in [7, 11) is -3.61. The molecule has 0 aromatic heterocycles. The van der Waals surface area contributed by atoms with Crippen molar-refractivity contribution < 1.29 is 8.42 Å². The van der Waals surface area contributed by atoms with E-state index >= 15 is 0 Å². The SMILES string of the molecule is Cc1cc(C(C)(C)C)cc(S(N)(=O)=O)c1. The van der Waals surface area contributed by atoms with Gasteiger partial charge >= 0.3 is 0 Å². The minimum atomic E-state index is -3.61. The summed E-state index contributed by atoms with van der Waals surface area (Å²) in [4.78, 5) is 0.187. The van der Waals surface area contributed by atoms with E-state index in [1.165, 1.54) is 0 Å². The van der Waals surface area contributed by atoms with Crippen molar-refractivity contribution in [1.82, 2.24) is 0 Å². The van der Waals surface area contributed by atoms with Gasteiger partial charge in [-0.05, 0) is 35.6 Å². The van der Waals surface area contributed by atoms with Gasteiger partial charge in [0.05, 0.1) is 4.90 Å². The number of primary sulfonamides is 1. The van der Waals surface area contributed by atoms with E-state index in [-0.39, 0.29) is 10.3 Å². The molecule has 0 aliphatic rings. The molecule has 84 valence electrons. The lowest BCUT2D eigenvalue weighted by Gasteiger charge is -2.20. The van der Waals surface area contributed by atoms with Gasteiger partial charge in [0.15, 0.2) is 0 Å². The molecule has 0 aliphatic heterocycles. The Labute approximate surface area is 91.4 Å². The van der Waals surface area contributed by atoms with Crippen molar-refractivity contribution >= 4 is 10.0 Å². The highest BCUT2D eigenvalue weighted by molar-refractivity contribution is 7.89. The predicted octanol–water partition coefficient (Wildman–Crippen LogP) is 1.94. The van der Waals surface area contributed by atoms with Gasteiger partial charge in [0, 0.05) is 0 Å². The fraction of sp³-hybridized carbons (Fsp3) is 0.455. The fourth-order valence-corrected chi connectivity index (χ4v) is 1.99. The molecule has 4 heteroatoms. The maximum atomic E-state index is 11.2. The van der Waals surface area contributed by atoms with E-state index < -0.39 is 10.0 Å². The summed E-state index contributed by atoms with van der Waals surface area (Å²) in [5.74, 6) is 0. The second kappa shape index (κ2) is 3.61. The van der Waals surface area contributed by atoms with Gasteiger partial charge in [0.2, 0.25) is 10.0 Å². The lowest BCUT2D eigenvalue weighted by atomic mass is 9.86. The molecule has 0 fully saturated rings. The first-order valence-electron chi connectivity index (χ1n) is 4.76. The molecule has 1 aromatic carbocycles. The molecule has 0 radical (unpaired) electrons. The number of hydrogen-bond acceptors (Lipinski definition) is 2. The molecule has 0 spiro atoms. The number of nitrogens with two attached hydrogens (primary N) is 1. The van der Waals surface area contributed by atoms with Gasteiger partial charge in [-0.3, -0.25) is 0 Å². The zero-order valence-electron chi connectivity index (χ0n) is 9.53. The lowest BCUT2D eigenvalue weighted by molar-refractivity contribution is 0.583. The predicted molar refractivity (Wildman–Crippen MR) is 61.3 cm³/mol. The standard InChI is InChI=1S/C11H17NO2S/c1-8-5-9(11(2,3)4)7-10(6-8)15(12,13)14/h5-7H,1-4H3,(H2,12,13,14). The monoisotopic (exact) mass is 227 g/mol. The highest BCUT2D eigenvalue weighted by atomic mass is 32.2. The van der Waals surface area contributed by atoms with Crippen molar-refractivity contribution in [1.29, 1.82) is 0 Å². The van der Waals surface area contributed by atoms with Crippen molar-refractivity contribution in [2.75, 3.05) is 0 Å². The molecule has 0 amide bonds. The van der Waals surface area contributed by atoms with Crippen LogP contribution < -0.4 is 5.14 Å². The molecular formula is C11H17NO2S. The van der Waals surface area contributed by atoms with Gasteiger partial charge in [0.1, 0.15) is 0 Å². The summed E-state index contributed by atoms with van der Waals surface area (Å²) in [5, 5.41) is 5.11. The van der Waals surface area contributed by atoms with E-state index in [1.807, 2.05) is 33.8 Å². The number of rotatable bonds is 1. The van der Waals surface area contributed by atoms with Crippen LogP contribution in [0.2, 0.25) is 0 Å². The molecule has 0 bridgehead atoms. The molecule has 3 nitrogen and oxygen atoms in total. The summed E-state index contributed by atoms with van der Waals surface area (Å²) in [6.07, 6.45) is 0. The number of sulfonamides is 1. The third-order valence-electron chi connectivity index (χ3n) is 2.25. The Morgan fingerprint density at radius 2 is 1.67 bits per heavy atom. The number of benzene rings is 1. The van der Waals surface area contributed by atoms with Crippen LogP contribution in [-0.2, 0) is 15.4 Å². The Morgan fingerprint density at radius 3 is 2.07 bits per heavy atom. The maximum Gasteiger partial charge on any atom is 0.238 e. The third kappa shape index (κ3) is 3.04. The smallest absolute Gasteiger partial charge is 0.225 e. The summed E-state index contributed by atoms with van der Waals surface area (Å²) in [6, 6.07) is 5.21. The van der Waals surface area contributed by atoms with Crippen LogP contribution >= 0.6 is 0 Å². The second-order valence-corrected chi connectivity index (χ2v) is 6.39. The Bertz CT molecular complexity index is 470. The van der Waals surface area contributed by atoms with Crippen molar-refractivity contribution in [3.05, 3.63) is 29.3 Å². The third-order valence-corrected chi connectivity index (χ3v) is 3.14. The van der Waals surface area contributed by atoms with E-state index in [1.54, 1.807) is 12.1 Å². The largest absolute Gasteiger partial charge is 0.238 e. The lowest BCUT2D eigenvalue weighted by Crippen LogP contribution is -2.16. The first kappa shape index (κ1) is 12.2. The molecule has 1 aromatic rings. The Morgan fingerprint density at radius 1 is 1.13 bits per heavy atom. The van der Waals surface area contributed by atoms with Crippen molar-refractivity contribution in [3.63, 3.8) is 0 Å². The quantitative estimate of drug-likeness (QED) is 0.797. The molecule has 0 unspecified atom stereocenters. The Hall–Kier alpha value is -0.870. The first-order valence-corrected chi connectivity index (χ1v) is 6.30. The van der Waals surface area contributed by atoms with E-state index in [9.17, 15) is 8.42 Å². The van der Waals surface area contributed by atoms with Crippen LogP contribution in [0, 0.1) is 6.92 Å². The van der Waals surface area contributed by atoms with Crippen LogP contribution in [-0.4, -0.2) is 8.42 Å². The van der Waals surface area contributed by atoms with Gasteiger partial charge in [-0.15, -0.1) is 0 Å². The van der Waals surface area contributed by atoms with Crippen LogP contribution in [0.1, 0.15) is 31.9 Å². The zero-order chi connectivity index (χ0) is 11.9. The highest BCUT2D eigenvalue weighted by Crippen LogP contribution is 2.25. The van der Waals surface area contributed by atoms with Crippen LogP contribution in [0.25, 0.3) is 0 Å². The van der Waals surface area contributed by atoms with Gasteiger partial charge in [-0.1, -0.05) is 26.8 Å². The Kier molecular flexibility index (Phi) is 2.94. The minimum Gasteiger partial charge on any atom is -0.225 e. The Balaban J connectivity index is 3.43. The van der Waals surface area contributed by atoms with Gasteiger partial charge in [-0.2, -0.15) is 0 Å². The molecule has 0 saturated carbocycles. The molecule has 0 heterocycles. The molecule has 2 N–H and O–H groups in total. The van der Waals surface area contributed by atoms with Gasteiger partial charge < -0.3 is 0 Å². The van der Waals surface area contributed by atoms with Gasteiger partial charge in [0.25, 0.3) is 0 Å². The topological polar surface area (TPSA) is 60.2 Å². The maximum absolute atomic E-state index is 11.2. The summed E-state index contributed by atoms with van der Waals surface area (Å²) >= 11 is 0. The van der Waals surface area contributed by atoms with Crippen molar-refractivity contribution in [2.45, 2.75) is 38.0 Å². The summed E-state index contributed by atoms with van der Waals surface area (Å²) < 4.78 is 22.5. The van der Waals surface area contributed by atoms with Crippen LogP contribution in [0.15, 0.2) is 23.1 Å². The van der Waals surface area contributed by atoms with E-state index in [0.29, 0.717) is 0 Å². The van der Waals surface area contributed by atoms with Gasteiger partial charge in [-0.25, -0.2) is 13.6 Å². The fourth-order valence-electron chi connectivity index (χ4n) is 1.35. The molecule has 0 atom stereocenters. The summed E-state index contributed by atoms with van der Waals surface area (Å²) in [6.45, 7) is 7.97. The summed E-state index contributed by atoms with van der Waals surface area (Å²) in [5.41, 5.74) is 1.81. The van der Waals surface area contributed by atoms with Crippen LogP contribution in [0.5, 0.6) is 0 Å². The number of hydrogen-bond donors (Lipinski definition) is 1. The normalized spacial score (nSPS) is 12.9. The van der Waals surface area contributed by atoms with E-state index in [2.05, 4.69) is 0 Å². The zero-order valence-corrected chi connectivity index (χ0v) is 10.4. The molecule has 1 rings (SSSR count). The number of aryl methyl sites for hydroxylation is 1. The molecule has 15 heavy (non-hydrogen) atoms. The van der Waals surface area contributed by atoms with Crippen LogP contribution in [0.3, 0.4) is 0 Å². The van der Waals surface area contributed by atoms with E-state index in [0.717, 1.165) is 11.1 Å². The minimum absolute atomic E-state index is 0.0779. The van der Waals surface area contributed by atoms with Crippen LogP contribution in [0.4, 0.5) is 0 Å². The molecule has 0 aliphatic carbocycles. The molecule has 0 saturated heterocycles.